The molecule has 1 aromatic heterocycles. The number of thioether (sulfide) groups is 1. The molecule has 4 nitrogen and oxygen atoms in total. The molecule has 4 saturated carbocycles. The van der Waals surface area contributed by atoms with Crippen molar-refractivity contribution in [1.82, 2.24) is 14.8 Å². The standard InChI is InChI=1S/C21H22FN3OS/c22-16-3-1-15(2-4-16)17-8-18(26)25-20(27-17)23-19(24-25)21-9-12-5-13(10-21)7-14(6-12)11-21/h1-4,12-14,17H,5-11H2/t12?,13?,14?,17-,21?/m1/s1. The fraction of sp³-hybridized carbons (Fsp3) is 0.571. The van der Waals surface area contributed by atoms with Crippen molar-refractivity contribution in [2.75, 3.05) is 0 Å². The Kier molecular flexibility index (Phi) is 3.41. The quantitative estimate of drug-likeness (QED) is 0.750. The Hall–Kier alpha value is -1.69. The van der Waals surface area contributed by atoms with Crippen molar-refractivity contribution in [1.29, 1.82) is 0 Å². The van der Waals surface area contributed by atoms with Crippen LogP contribution in [0.2, 0.25) is 0 Å². The van der Waals surface area contributed by atoms with Crippen molar-refractivity contribution in [3.8, 4) is 0 Å². The number of fused-ring (bicyclic) bond motifs is 1. The molecule has 2 heterocycles. The molecule has 0 radical (unpaired) electrons. The molecule has 6 heteroatoms. The highest BCUT2D eigenvalue weighted by Crippen LogP contribution is 2.60. The van der Waals surface area contributed by atoms with E-state index in [0.29, 0.717) is 11.6 Å². The van der Waals surface area contributed by atoms with Crippen LogP contribution in [-0.4, -0.2) is 20.7 Å². The van der Waals surface area contributed by atoms with Crippen LogP contribution in [0.4, 0.5) is 4.39 Å². The second-order valence-corrected chi connectivity index (χ2v) is 10.3. The molecule has 2 aromatic rings. The van der Waals surface area contributed by atoms with E-state index in [0.717, 1.165) is 29.1 Å². The maximum absolute atomic E-state index is 13.2. The molecule has 0 amide bonds. The van der Waals surface area contributed by atoms with Gasteiger partial charge >= 0.3 is 0 Å². The fourth-order valence-electron chi connectivity index (χ4n) is 6.42. The first-order chi connectivity index (χ1) is 13.1. The van der Waals surface area contributed by atoms with Crippen LogP contribution >= 0.6 is 11.8 Å². The maximum atomic E-state index is 13.2. The summed E-state index contributed by atoms with van der Waals surface area (Å²) in [6.45, 7) is 0. The normalized spacial score (nSPS) is 36.9. The van der Waals surface area contributed by atoms with E-state index in [1.807, 2.05) is 0 Å². The SMILES string of the molecule is O=C1C[C@H](c2ccc(F)cc2)Sc2nc(C34CC5CC(CC(C5)C3)C4)nn21. The molecule has 4 aliphatic carbocycles. The molecule has 140 valence electrons. The average molecular weight is 383 g/mol. The molecule has 0 spiro atoms. The summed E-state index contributed by atoms with van der Waals surface area (Å²) in [5.41, 5.74) is 1.08. The Balaban J connectivity index is 1.34. The van der Waals surface area contributed by atoms with Gasteiger partial charge in [0.15, 0.2) is 11.0 Å². The summed E-state index contributed by atoms with van der Waals surface area (Å²) in [5.74, 6) is 3.14. The van der Waals surface area contributed by atoms with Gasteiger partial charge in [-0.2, -0.15) is 4.68 Å². The first kappa shape index (κ1) is 16.3. The number of benzene rings is 1. The summed E-state index contributed by atoms with van der Waals surface area (Å²) in [6, 6.07) is 6.46. The second-order valence-electron chi connectivity index (χ2n) is 9.08. The second kappa shape index (κ2) is 5.66. The van der Waals surface area contributed by atoms with Crippen molar-refractivity contribution < 1.29 is 9.18 Å². The van der Waals surface area contributed by atoms with Crippen molar-refractivity contribution in [3.63, 3.8) is 0 Å². The monoisotopic (exact) mass is 383 g/mol. The Morgan fingerprint density at radius 1 is 1.04 bits per heavy atom. The van der Waals surface area contributed by atoms with E-state index in [2.05, 4.69) is 0 Å². The molecule has 1 aromatic carbocycles. The van der Waals surface area contributed by atoms with Crippen molar-refractivity contribution >= 4 is 17.7 Å². The zero-order valence-corrected chi connectivity index (χ0v) is 15.9. The molecular weight excluding hydrogens is 361 g/mol. The van der Waals surface area contributed by atoms with Crippen LogP contribution in [0.5, 0.6) is 0 Å². The number of halogens is 1. The fourth-order valence-corrected chi connectivity index (χ4v) is 7.58. The Labute approximate surface area is 161 Å². The lowest BCUT2D eigenvalue weighted by atomic mass is 9.49. The van der Waals surface area contributed by atoms with E-state index in [-0.39, 0.29) is 22.4 Å². The summed E-state index contributed by atoms with van der Waals surface area (Å²) < 4.78 is 14.8. The largest absolute Gasteiger partial charge is 0.272 e. The summed E-state index contributed by atoms with van der Waals surface area (Å²) in [6.07, 6.45) is 8.12. The van der Waals surface area contributed by atoms with E-state index in [9.17, 15) is 9.18 Å². The van der Waals surface area contributed by atoms with Gasteiger partial charge in [-0.1, -0.05) is 23.9 Å². The lowest BCUT2D eigenvalue weighted by Crippen LogP contribution is -2.49. The van der Waals surface area contributed by atoms with E-state index in [1.165, 1.54) is 50.7 Å². The number of hydrogen-bond donors (Lipinski definition) is 0. The molecule has 1 atom stereocenters. The summed E-state index contributed by atoms with van der Waals surface area (Å²) in [5, 5.41) is 5.44. The number of aromatic nitrogens is 3. The predicted octanol–water partition coefficient (Wildman–Crippen LogP) is 4.76. The van der Waals surface area contributed by atoms with Crippen LogP contribution in [-0.2, 0) is 5.41 Å². The van der Waals surface area contributed by atoms with Gasteiger partial charge in [-0.3, -0.25) is 4.79 Å². The van der Waals surface area contributed by atoms with Gasteiger partial charge in [0, 0.05) is 17.1 Å². The van der Waals surface area contributed by atoms with Gasteiger partial charge in [0.05, 0.1) is 0 Å². The van der Waals surface area contributed by atoms with Gasteiger partial charge in [0.25, 0.3) is 5.91 Å². The van der Waals surface area contributed by atoms with Gasteiger partial charge < -0.3 is 0 Å². The van der Waals surface area contributed by atoms with Crippen LogP contribution < -0.4 is 0 Å². The van der Waals surface area contributed by atoms with Crippen molar-refractivity contribution in [3.05, 3.63) is 41.5 Å². The molecule has 0 saturated heterocycles. The number of rotatable bonds is 2. The summed E-state index contributed by atoms with van der Waals surface area (Å²) >= 11 is 1.59. The van der Waals surface area contributed by atoms with Gasteiger partial charge in [-0.05, 0) is 74.0 Å². The zero-order valence-electron chi connectivity index (χ0n) is 15.1. The Morgan fingerprint density at radius 3 is 2.30 bits per heavy atom. The third-order valence-electron chi connectivity index (χ3n) is 7.18. The lowest BCUT2D eigenvalue weighted by molar-refractivity contribution is -0.00944. The average Bonchev–Trinajstić information content (AvgIpc) is 3.07. The van der Waals surface area contributed by atoms with E-state index >= 15 is 0 Å². The number of carbonyl (C=O) groups excluding carboxylic acids is 1. The highest BCUT2D eigenvalue weighted by Gasteiger charge is 2.54. The molecule has 4 fully saturated rings. The van der Waals surface area contributed by atoms with Gasteiger partial charge in [0.1, 0.15) is 5.82 Å². The highest BCUT2D eigenvalue weighted by atomic mass is 32.2. The first-order valence-corrected chi connectivity index (χ1v) is 10.9. The molecule has 7 rings (SSSR count). The topological polar surface area (TPSA) is 47.8 Å². The van der Waals surface area contributed by atoms with Crippen LogP contribution in [0, 0.1) is 23.6 Å². The molecule has 5 aliphatic rings. The van der Waals surface area contributed by atoms with Crippen molar-refractivity contribution in [2.24, 2.45) is 17.8 Å². The number of nitrogens with zero attached hydrogens (tertiary/aromatic N) is 3. The molecule has 1 aliphatic heterocycles. The van der Waals surface area contributed by atoms with E-state index < -0.39 is 0 Å². The Bertz CT molecular complexity index is 887. The highest BCUT2D eigenvalue weighted by molar-refractivity contribution is 7.99. The smallest absolute Gasteiger partial charge is 0.250 e. The Morgan fingerprint density at radius 2 is 1.67 bits per heavy atom. The molecular formula is C21H22FN3OS. The van der Waals surface area contributed by atoms with Crippen molar-refractivity contribution in [2.45, 2.75) is 60.8 Å². The minimum atomic E-state index is -0.252. The molecule has 0 unspecified atom stereocenters. The third kappa shape index (κ3) is 2.52. The van der Waals surface area contributed by atoms with Crippen LogP contribution in [0.25, 0.3) is 0 Å². The van der Waals surface area contributed by atoms with Crippen LogP contribution in [0.15, 0.2) is 29.4 Å². The van der Waals surface area contributed by atoms with E-state index in [1.54, 1.807) is 28.6 Å². The minimum absolute atomic E-state index is 0.00144. The summed E-state index contributed by atoms with van der Waals surface area (Å²) in [7, 11) is 0. The predicted molar refractivity (Wildman–Crippen MR) is 100 cm³/mol. The van der Waals surface area contributed by atoms with E-state index in [4.69, 9.17) is 10.1 Å². The van der Waals surface area contributed by atoms with Gasteiger partial charge in [0.2, 0.25) is 0 Å². The minimum Gasteiger partial charge on any atom is -0.272 e. The van der Waals surface area contributed by atoms with Crippen LogP contribution in [0.3, 0.4) is 0 Å². The lowest BCUT2D eigenvalue weighted by Gasteiger charge is -2.55. The molecule has 4 bridgehead atoms. The summed E-state index contributed by atoms with van der Waals surface area (Å²) in [4.78, 5) is 17.7. The third-order valence-corrected chi connectivity index (χ3v) is 8.37. The van der Waals surface area contributed by atoms with Gasteiger partial charge in [-0.25, -0.2) is 9.37 Å². The molecule has 27 heavy (non-hydrogen) atoms. The van der Waals surface area contributed by atoms with Gasteiger partial charge in [-0.15, -0.1) is 5.10 Å². The first-order valence-electron chi connectivity index (χ1n) is 10.0. The zero-order chi connectivity index (χ0) is 18.2. The number of hydrogen-bond acceptors (Lipinski definition) is 4. The maximum Gasteiger partial charge on any atom is 0.250 e. The van der Waals surface area contributed by atoms with Crippen LogP contribution in [0.1, 0.15) is 66.4 Å². The number of carbonyl (C=O) groups is 1. The molecule has 0 N–H and O–H groups in total.